The van der Waals surface area contributed by atoms with Gasteiger partial charge in [-0.05, 0) is 55.0 Å². The van der Waals surface area contributed by atoms with E-state index in [1.165, 1.54) is 4.90 Å². The number of carbonyl (C=O) groups is 4. The second kappa shape index (κ2) is 13.1. The van der Waals surface area contributed by atoms with Crippen molar-refractivity contribution in [3.05, 3.63) is 124 Å². The van der Waals surface area contributed by atoms with Gasteiger partial charge >= 0.3 is 17.9 Å². The molecule has 0 fully saturated rings. The van der Waals surface area contributed by atoms with Crippen molar-refractivity contribution in [1.82, 2.24) is 4.90 Å². The molecule has 1 amide bonds. The molecule has 4 aromatic rings. The highest BCUT2D eigenvalue weighted by molar-refractivity contribution is 6.10. The number of nitrogens with zero attached hydrogens (tertiary/aromatic N) is 1. The number of rotatable bonds is 12. The highest BCUT2D eigenvalue weighted by Gasteiger charge is 2.28. The molecule has 0 radical (unpaired) electrons. The van der Waals surface area contributed by atoms with Crippen LogP contribution in [-0.4, -0.2) is 50.6 Å². The van der Waals surface area contributed by atoms with E-state index in [1.807, 2.05) is 25.1 Å². The third kappa shape index (κ3) is 6.92. The second-order valence-corrected chi connectivity index (χ2v) is 9.12. The van der Waals surface area contributed by atoms with Gasteiger partial charge in [0.1, 0.15) is 17.2 Å². The Kier molecular flexibility index (Phi) is 9.18. The predicted molar refractivity (Wildman–Crippen MR) is 151 cm³/mol. The first-order valence-corrected chi connectivity index (χ1v) is 12.9. The van der Waals surface area contributed by atoms with E-state index in [-0.39, 0.29) is 13.1 Å². The molecule has 0 aliphatic rings. The average molecular weight is 570 g/mol. The molecule has 4 rings (SSSR count). The topological polar surface area (TPSA) is 151 Å². The predicted octanol–water partition coefficient (Wildman–Crippen LogP) is 5.81. The van der Waals surface area contributed by atoms with Crippen LogP contribution < -0.4 is 9.47 Å². The maximum atomic E-state index is 14.0. The first-order chi connectivity index (χ1) is 20.2. The van der Waals surface area contributed by atoms with Gasteiger partial charge in [-0.3, -0.25) is 4.79 Å². The lowest BCUT2D eigenvalue weighted by atomic mass is 9.96. The smallest absolute Gasteiger partial charge is 0.336 e. The molecular weight excluding hydrogens is 542 g/mol. The van der Waals surface area contributed by atoms with Crippen LogP contribution in [-0.2, 0) is 13.1 Å². The van der Waals surface area contributed by atoms with Gasteiger partial charge in [-0.15, -0.1) is 0 Å². The van der Waals surface area contributed by atoms with Crippen LogP contribution in [0.1, 0.15) is 59.5 Å². The van der Waals surface area contributed by atoms with Crippen molar-refractivity contribution in [1.29, 1.82) is 0 Å². The maximum absolute atomic E-state index is 14.0. The highest BCUT2D eigenvalue weighted by atomic mass is 16.5. The molecule has 10 heteroatoms. The first-order valence-electron chi connectivity index (χ1n) is 12.9. The van der Waals surface area contributed by atoms with Gasteiger partial charge in [-0.1, -0.05) is 48.5 Å². The molecule has 0 heterocycles. The molecule has 0 saturated carbocycles. The van der Waals surface area contributed by atoms with Crippen LogP contribution in [0.5, 0.6) is 17.2 Å². The van der Waals surface area contributed by atoms with Crippen molar-refractivity contribution in [2.24, 2.45) is 0 Å². The monoisotopic (exact) mass is 569 g/mol. The van der Waals surface area contributed by atoms with Gasteiger partial charge in [-0.2, -0.15) is 0 Å². The number of hydrogen-bond acceptors (Lipinski definition) is 6. The van der Waals surface area contributed by atoms with Crippen molar-refractivity contribution in [2.75, 3.05) is 6.61 Å². The molecule has 0 aliphatic carbocycles. The minimum absolute atomic E-state index is 0.0204. The lowest BCUT2D eigenvalue weighted by Gasteiger charge is -2.25. The number of hydrogen-bond donors (Lipinski definition) is 3. The molecule has 0 aromatic heterocycles. The average Bonchev–Trinajstić information content (AvgIpc) is 2.97. The van der Waals surface area contributed by atoms with Gasteiger partial charge in [0.15, 0.2) is 0 Å². The molecule has 10 nitrogen and oxygen atoms in total. The number of carboxylic acid groups (broad SMARTS) is 3. The normalized spacial score (nSPS) is 10.5. The standard InChI is InChI=1S/C32H27NO9/c1-2-41-28-14-7-6-10-21(28)19-33(18-20-9-8-13-23(15-20)42-22-11-4-3-5-12-22)29(34)24-16-26(31(37)38)27(32(39)40)17-25(24)30(35)36/h3-17H,2,18-19H2,1H3,(H,35,36)(H,37,38)(H,39,40). The van der Waals surface area contributed by atoms with Gasteiger partial charge < -0.3 is 29.7 Å². The minimum atomic E-state index is -1.63. The summed E-state index contributed by atoms with van der Waals surface area (Å²) < 4.78 is 11.6. The van der Waals surface area contributed by atoms with Crippen LogP contribution in [0, 0.1) is 0 Å². The van der Waals surface area contributed by atoms with Crippen molar-refractivity contribution < 1.29 is 44.0 Å². The molecule has 0 saturated heterocycles. The van der Waals surface area contributed by atoms with E-state index >= 15 is 0 Å². The Balaban J connectivity index is 1.78. The first kappa shape index (κ1) is 29.3. The molecule has 0 atom stereocenters. The number of carboxylic acids is 3. The molecule has 4 aromatic carbocycles. The van der Waals surface area contributed by atoms with E-state index in [9.17, 15) is 34.5 Å². The van der Waals surface area contributed by atoms with E-state index < -0.39 is 46.1 Å². The number of benzene rings is 4. The van der Waals surface area contributed by atoms with Crippen LogP contribution in [0.15, 0.2) is 91.0 Å². The lowest BCUT2D eigenvalue weighted by Crippen LogP contribution is -2.32. The zero-order valence-electron chi connectivity index (χ0n) is 22.5. The van der Waals surface area contributed by atoms with Crippen LogP contribution in [0.4, 0.5) is 0 Å². The number of carbonyl (C=O) groups excluding carboxylic acids is 1. The molecule has 42 heavy (non-hydrogen) atoms. The molecule has 0 bridgehead atoms. The van der Waals surface area contributed by atoms with E-state index in [1.54, 1.807) is 60.7 Å². The summed E-state index contributed by atoms with van der Waals surface area (Å²) in [7, 11) is 0. The van der Waals surface area contributed by atoms with E-state index in [4.69, 9.17) is 9.47 Å². The van der Waals surface area contributed by atoms with Gasteiger partial charge in [0, 0.05) is 18.7 Å². The Labute approximate surface area is 241 Å². The number of para-hydroxylation sites is 2. The van der Waals surface area contributed by atoms with E-state index in [0.717, 1.165) is 6.07 Å². The third-order valence-electron chi connectivity index (χ3n) is 6.25. The van der Waals surface area contributed by atoms with Crippen molar-refractivity contribution in [3.63, 3.8) is 0 Å². The number of ether oxygens (including phenoxy) is 2. The van der Waals surface area contributed by atoms with Gasteiger partial charge in [0.2, 0.25) is 0 Å². The largest absolute Gasteiger partial charge is 0.494 e. The Morgan fingerprint density at radius 2 is 1.21 bits per heavy atom. The van der Waals surface area contributed by atoms with Crippen molar-refractivity contribution >= 4 is 23.8 Å². The maximum Gasteiger partial charge on any atom is 0.336 e. The van der Waals surface area contributed by atoms with Crippen LogP contribution in [0.25, 0.3) is 0 Å². The Morgan fingerprint density at radius 3 is 1.86 bits per heavy atom. The summed E-state index contributed by atoms with van der Waals surface area (Å²) in [5, 5.41) is 29.0. The summed E-state index contributed by atoms with van der Waals surface area (Å²) in [4.78, 5) is 51.1. The summed E-state index contributed by atoms with van der Waals surface area (Å²) in [6.07, 6.45) is 0. The fraction of sp³-hybridized carbons (Fsp3) is 0.125. The molecule has 3 N–H and O–H groups in total. The van der Waals surface area contributed by atoms with Crippen LogP contribution >= 0.6 is 0 Å². The fourth-order valence-electron chi connectivity index (χ4n) is 4.37. The summed E-state index contributed by atoms with van der Waals surface area (Å²) in [5.74, 6) is -4.00. The number of aromatic carboxylic acids is 3. The van der Waals surface area contributed by atoms with Crippen molar-refractivity contribution in [2.45, 2.75) is 20.0 Å². The Morgan fingerprint density at radius 1 is 0.643 bits per heavy atom. The summed E-state index contributed by atoms with van der Waals surface area (Å²) >= 11 is 0. The molecule has 0 unspecified atom stereocenters. The summed E-state index contributed by atoms with van der Waals surface area (Å²) in [6, 6.07) is 24.6. The van der Waals surface area contributed by atoms with E-state index in [2.05, 4.69) is 0 Å². The highest BCUT2D eigenvalue weighted by Crippen LogP contribution is 2.27. The molecule has 214 valence electrons. The third-order valence-corrected chi connectivity index (χ3v) is 6.25. The van der Waals surface area contributed by atoms with Crippen LogP contribution in [0.2, 0.25) is 0 Å². The lowest BCUT2D eigenvalue weighted by molar-refractivity contribution is 0.0643. The Bertz CT molecular complexity index is 1630. The fourth-order valence-corrected chi connectivity index (χ4v) is 4.37. The van der Waals surface area contributed by atoms with Gasteiger partial charge in [0.05, 0.1) is 28.9 Å². The molecule has 0 spiro atoms. The van der Waals surface area contributed by atoms with Crippen molar-refractivity contribution in [3.8, 4) is 17.2 Å². The van der Waals surface area contributed by atoms with Gasteiger partial charge in [0.25, 0.3) is 5.91 Å². The quantitative estimate of drug-likeness (QED) is 0.192. The van der Waals surface area contributed by atoms with Crippen LogP contribution in [0.3, 0.4) is 0 Å². The second-order valence-electron chi connectivity index (χ2n) is 9.12. The SMILES string of the molecule is CCOc1ccccc1CN(Cc1cccc(Oc2ccccc2)c1)C(=O)c1cc(C(=O)O)c(C(=O)O)cc1C(=O)O. The Hall–Kier alpha value is -5.64. The minimum Gasteiger partial charge on any atom is -0.494 e. The summed E-state index contributed by atoms with van der Waals surface area (Å²) in [6.45, 7) is 2.13. The molecular formula is C32H27NO9. The van der Waals surface area contributed by atoms with E-state index in [0.29, 0.717) is 41.0 Å². The summed E-state index contributed by atoms with van der Waals surface area (Å²) in [5.41, 5.74) is -1.27. The number of amides is 1. The van der Waals surface area contributed by atoms with Gasteiger partial charge in [-0.25, -0.2) is 14.4 Å². The zero-order chi connectivity index (χ0) is 30.2. The molecule has 0 aliphatic heterocycles. The zero-order valence-corrected chi connectivity index (χ0v) is 22.5.